The zero-order chi connectivity index (χ0) is 30.0. The number of carbonyl (C=O) groups is 2. The Morgan fingerprint density at radius 2 is 1.73 bits per heavy atom. The highest BCUT2D eigenvalue weighted by Gasteiger charge is 2.38. The number of hydrogen-bond donors (Lipinski definition) is 1. The smallest absolute Gasteiger partial charge is 0.442 e. The second kappa shape index (κ2) is 11.2. The van der Waals surface area contributed by atoms with Crippen molar-refractivity contribution in [1.82, 2.24) is 15.2 Å². The van der Waals surface area contributed by atoms with Gasteiger partial charge in [-0.15, -0.1) is 14.6 Å². The average Bonchev–Trinajstić information content (AvgIpc) is 2.78. The van der Waals surface area contributed by atoms with Crippen LogP contribution >= 0.6 is 0 Å². The van der Waals surface area contributed by atoms with Crippen molar-refractivity contribution in [1.29, 1.82) is 0 Å². The third-order valence-electron chi connectivity index (χ3n) is 5.06. The zero-order valence-corrected chi connectivity index (χ0v) is 23.0. The van der Waals surface area contributed by atoms with Crippen molar-refractivity contribution in [2.75, 3.05) is 11.6 Å². The van der Waals surface area contributed by atoms with Gasteiger partial charge in [-0.25, -0.2) is 14.0 Å². The number of rotatable bonds is 5. The summed E-state index contributed by atoms with van der Waals surface area (Å²) >= 11 is 0. The molecule has 15 heteroatoms. The summed E-state index contributed by atoms with van der Waals surface area (Å²) in [7, 11) is -3.33. The van der Waals surface area contributed by atoms with Crippen LogP contribution in [0.15, 0.2) is 45.7 Å². The Morgan fingerprint density at radius 3 is 2.33 bits per heavy atom. The summed E-state index contributed by atoms with van der Waals surface area (Å²) in [5.41, 5.74) is -3.41. The quantitative estimate of drug-likeness (QED) is 0.282. The van der Waals surface area contributed by atoms with Crippen LogP contribution in [0.3, 0.4) is 0 Å². The van der Waals surface area contributed by atoms with Crippen molar-refractivity contribution >= 4 is 27.4 Å². The number of amides is 2. The fourth-order valence-electron chi connectivity index (χ4n) is 3.32. The molecular weight excluding hydrogens is 558 g/mol. The minimum Gasteiger partial charge on any atom is -0.442 e. The number of carbonyl (C=O) groups excluding carboxylic acids is 2. The van der Waals surface area contributed by atoms with Crippen LogP contribution in [0.4, 0.5) is 28.0 Å². The van der Waals surface area contributed by atoms with Crippen LogP contribution in [-0.2, 0) is 20.6 Å². The van der Waals surface area contributed by atoms with E-state index in [1.54, 1.807) is 20.8 Å². The highest BCUT2D eigenvalue weighted by molar-refractivity contribution is 7.93. The van der Waals surface area contributed by atoms with Crippen molar-refractivity contribution in [3.8, 4) is 11.6 Å². The van der Waals surface area contributed by atoms with E-state index in [-0.39, 0.29) is 22.0 Å². The van der Waals surface area contributed by atoms with Gasteiger partial charge in [0.2, 0.25) is 5.95 Å². The molecule has 0 saturated heterocycles. The normalized spacial score (nSPS) is 13.2. The van der Waals surface area contributed by atoms with E-state index in [2.05, 4.69) is 24.9 Å². The molecule has 0 radical (unpaired) electrons. The molecule has 214 valence electrons. The molecule has 0 unspecified atom stereocenters. The molecule has 1 N–H and O–H groups in total. The van der Waals surface area contributed by atoms with Gasteiger partial charge in [-0.05, 0) is 70.5 Å². The number of hydrogen-bond acceptors (Lipinski definition) is 8. The summed E-state index contributed by atoms with van der Waals surface area (Å²) in [6.45, 7) is 7.24. The monoisotopic (exact) mass is 583 g/mol. The summed E-state index contributed by atoms with van der Waals surface area (Å²) in [5, 5.41) is 9.05. The number of aromatic nitrogens is 3. The van der Waals surface area contributed by atoms with Gasteiger partial charge in [0.25, 0.3) is 11.8 Å². The number of nitrogens with one attached hydrogen (secondary N) is 1. The standard InChI is InChI=1S/C25H25F4N5O5S/c1-13-19(22(33-32-20(13)25(27,28)29)38-17-10-11-18(26)30-14(17)2)21(35)31-15-8-7-9-16(12-15)40(6,37)34-23(36)39-24(3,4)5/h7-12H,1-6H3,(H,31,35)/t40-/m1/s1. The van der Waals surface area contributed by atoms with Gasteiger partial charge >= 0.3 is 12.3 Å². The first-order valence-corrected chi connectivity index (χ1v) is 13.4. The molecule has 0 fully saturated rings. The van der Waals surface area contributed by atoms with E-state index < -0.39 is 62.2 Å². The SMILES string of the molecule is Cc1nc(F)ccc1Oc1nnc(C(F)(F)F)c(C)c1C(=O)Nc1cccc([S@@](C)(=O)=NC(=O)OC(C)(C)C)c1. The number of halogens is 4. The lowest BCUT2D eigenvalue weighted by molar-refractivity contribution is -0.142. The molecular formula is C25H25F4N5O5S. The Balaban J connectivity index is 2.02. The van der Waals surface area contributed by atoms with Gasteiger partial charge in [-0.3, -0.25) is 4.79 Å². The summed E-state index contributed by atoms with van der Waals surface area (Å²) in [4.78, 5) is 29.0. The van der Waals surface area contributed by atoms with Crippen LogP contribution in [0.25, 0.3) is 0 Å². The second-order valence-corrected chi connectivity index (χ2v) is 11.8. The van der Waals surface area contributed by atoms with Crippen molar-refractivity contribution < 1.29 is 40.8 Å². The predicted molar refractivity (Wildman–Crippen MR) is 136 cm³/mol. The number of benzene rings is 1. The van der Waals surface area contributed by atoms with Crippen LogP contribution in [0.5, 0.6) is 11.6 Å². The first-order valence-electron chi connectivity index (χ1n) is 11.5. The third-order valence-corrected chi connectivity index (χ3v) is 6.69. The maximum absolute atomic E-state index is 13.6. The van der Waals surface area contributed by atoms with Gasteiger partial charge < -0.3 is 14.8 Å². The number of nitrogens with zero attached hydrogens (tertiary/aromatic N) is 4. The lowest BCUT2D eigenvalue weighted by atomic mass is 10.1. The predicted octanol–water partition coefficient (Wildman–Crippen LogP) is 6.08. The maximum atomic E-state index is 13.6. The molecule has 0 aliphatic rings. The highest BCUT2D eigenvalue weighted by atomic mass is 32.2. The minimum atomic E-state index is -4.94. The van der Waals surface area contributed by atoms with Gasteiger partial charge in [0.05, 0.1) is 15.4 Å². The molecule has 1 atom stereocenters. The molecule has 1 aromatic carbocycles. The van der Waals surface area contributed by atoms with E-state index in [0.717, 1.165) is 13.0 Å². The maximum Gasteiger partial charge on any atom is 0.442 e. The Morgan fingerprint density at radius 1 is 1.05 bits per heavy atom. The Hall–Kier alpha value is -4.14. The molecule has 2 amide bonds. The van der Waals surface area contributed by atoms with Crippen molar-refractivity contribution in [2.45, 2.75) is 51.3 Å². The molecule has 0 aliphatic heterocycles. The van der Waals surface area contributed by atoms with E-state index in [9.17, 15) is 31.4 Å². The van der Waals surface area contributed by atoms with Gasteiger partial charge in [0, 0.05) is 16.8 Å². The van der Waals surface area contributed by atoms with Crippen LogP contribution < -0.4 is 10.1 Å². The van der Waals surface area contributed by atoms with Gasteiger partial charge in [0.15, 0.2) is 11.4 Å². The average molecular weight is 584 g/mol. The number of ether oxygens (including phenoxy) is 2. The van der Waals surface area contributed by atoms with E-state index >= 15 is 0 Å². The fraction of sp³-hybridized carbons (Fsp3) is 0.320. The molecule has 2 heterocycles. The molecule has 0 aliphatic carbocycles. The fourth-order valence-corrected chi connectivity index (χ4v) is 4.42. The summed E-state index contributed by atoms with van der Waals surface area (Å²) in [6.07, 6.45) is -4.80. The third kappa shape index (κ3) is 7.49. The van der Waals surface area contributed by atoms with Gasteiger partial charge in [-0.1, -0.05) is 6.07 Å². The molecule has 2 aromatic heterocycles. The number of aryl methyl sites for hydroxylation is 1. The Labute approximate surface area is 227 Å². The zero-order valence-electron chi connectivity index (χ0n) is 22.2. The number of pyridine rings is 1. The molecule has 0 bridgehead atoms. The molecule has 3 aromatic rings. The van der Waals surface area contributed by atoms with Crippen LogP contribution in [0, 0.1) is 19.8 Å². The summed E-state index contributed by atoms with van der Waals surface area (Å²) in [5.74, 6) is -2.54. The highest BCUT2D eigenvalue weighted by Crippen LogP contribution is 2.35. The van der Waals surface area contributed by atoms with Crippen molar-refractivity contribution in [2.24, 2.45) is 4.36 Å². The molecule has 0 saturated carbocycles. The van der Waals surface area contributed by atoms with Gasteiger partial charge in [0.1, 0.15) is 11.2 Å². The summed E-state index contributed by atoms with van der Waals surface area (Å²) in [6, 6.07) is 7.56. The van der Waals surface area contributed by atoms with Crippen LogP contribution in [-0.4, -0.2) is 43.2 Å². The number of anilines is 1. The first-order chi connectivity index (χ1) is 18.4. The van der Waals surface area contributed by atoms with Crippen molar-refractivity contribution in [3.05, 3.63) is 64.9 Å². The van der Waals surface area contributed by atoms with Crippen molar-refractivity contribution in [3.63, 3.8) is 0 Å². The lowest BCUT2D eigenvalue weighted by Crippen LogP contribution is -2.22. The Kier molecular flexibility index (Phi) is 8.48. The lowest BCUT2D eigenvalue weighted by Gasteiger charge is -2.18. The molecule has 3 rings (SSSR count). The molecule has 10 nitrogen and oxygen atoms in total. The second-order valence-electron chi connectivity index (χ2n) is 9.53. The van der Waals surface area contributed by atoms with E-state index in [1.807, 2.05) is 0 Å². The van der Waals surface area contributed by atoms with E-state index in [4.69, 9.17) is 9.47 Å². The van der Waals surface area contributed by atoms with E-state index in [0.29, 0.717) is 0 Å². The van der Waals surface area contributed by atoms with Crippen LogP contribution in [0.2, 0.25) is 0 Å². The van der Waals surface area contributed by atoms with E-state index in [1.165, 1.54) is 43.5 Å². The minimum absolute atomic E-state index is 0.0202. The van der Waals surface area contributed by atoms with Crippen LogP contribution in [0.1, 0.15) is 48.1 Å². The largest absolute Gasteiger partial charge is 0.442 e. The number of alkyl halides is 3. The summed E-state index contributed by atoms with van der Waals surface area (Å²) < 4.78 is 81.5. The first kappa shape index (κ1) is 30.4. The molecule has 0 spiro atoms. The Bertz CT molecular complexity index is 1600. The van der Waals surface area contributed by atoms with Gasteiger partial charge in [-0.2, -0.15) is 17.6 Å². The molecule has 40 heavy (non-hydrogen) atoms. The topological polar surface area (TPSA) is 133 Å².